The summed E-state index contributed by atoms with van der Waals surface area (Å²) in [6.07, 6.45) is 7.93. The number of hydrogen-bond donors (Lipinski definition) is 1. The van der Waals surface area contributed by atoms with E-state index in [1.165, 1.54) is 12.8 Å². The van der Waals surface area contributed by atoms with Crippen LogP contribution in [0.5, 0.6) is 0 Å². The average molecular weight is 263 g/mol. The van der Waals surface area contributed by atoms with Gasteiger partial charge in [0.1, 0.15) is 11.6 Å². The second kappa shape index (κ2) is 4.71. The highest BCUT2D eigenvalue weighted by atomic mass is 35.5. The molecular weight excluding hydrogens is 248 g/mol. The Kier molecular flexibility index (Phi) is 3.06. The summed E-state index contributed by atoms with van der Waals surface area (Å²) in [6, 6.07) is 2.69. The topological polar surface area (TPSA) is 42.7 Å². The van der Waals surface area contributed by atoms with Crippen molar-refractivity contribution in [3.05, 3.63) is 41.1 Å². The number of hydrogen-bond acceptors (Lipinski definition) is 3. The van der Waals surface area contributed by atoms with Gasteiger partial charge in [-0.05, 0) is 31.4 Å². The van der Waals surface area contributed by atoms with E-state index in [1.807, 2.05) is 23.8 Å². The molecule has 2 aromatic heterocycles. The molecule has 18 heavy (non-hydrogen) atoms. The molecule has 0 aromatic carbocycles. The van der Waals surface area contributed by atoms with Crippen molar-refractivity contribution < 1.29 is 0 Å². The molecule has 0 bridgehead atoms. The molecule has 0 saturated heterocycles. The monoisotopic (exact) mass is 262 g/mol. The lowest BCUT2D eigenvalue weighted by atomic mass is 10.2. The zero-order valence-electron chi connectivity index (χ0n) is 10.2. The Hall–Kier alpha value is -1.39. The maximum atomic E-state index is 6.17. The van der Waals surface area contributed by atoms with Gasteiger partial charge in [0, 0.05) is 31.2 Å². The molecule has 1 saturated carbocycles. The van der Waals surface area contributed by atoms with Gasteiger partial charge in [-0.1, -0.05) is 11.6 Å². The first-order valence-corrected chi connectivity index (χ1v) is 6.50. The number of nitrogens with zero attached hydrogens (tertiary/aromatic N) is 3. The number of pyridine rings is 1. The first kappa shape index (κ1) is 11.7. The van der Waals surface area contributed by atoms with E-state index >= 15 is 0 Å². The number of rotatable bonds is 4. The SMILES string of the molecule is Cc1nccn1-c1cc(CNC2CC2)c(Cl)cn1. The van der Waals surface area contributed by atoms with Crippen molar-refractivity contribution in [2.75, 3.05) is 0 Å². The summed E-state index contributed by atoms with van der Waals surface area (Å²) in [4.78, 5) is 8.55. The van der Waals surface area contributed by atoms with E-state index in [-0.39, 0.29) is 0 Å². The minimum absolute atomic E-state index is 0.674. The molecule has 0 radical (unpaired) electrons. The highest BCUT2D eigenvalue weighted by Gasteiger charge is 2.20. The van der Waals surface area contributed by atoms with Crippen LogP contribution in [-0.4, -0.2) is 20.6 Å². The number of nitrogens with one attached hydrogen (secondary N) is 1. The molecule has 0 aliphatic heterocycles. The van der Waals surface area contributed by atoms with Gasteiger partial charge in [0.15, 0.2) is 0 Å². The van der Waals surface area contributed by atoms with Crippen LogP contribution in [0.25, 0.3) is 5.82 Å². The van der Waals surface area contributed by atoms with Crippen molar-refractivity contribution in [3.63, 3.8) is 0 Å². The van der Waals surface area contributed by atoms with E-state index in [0.717, 1.165) is 23.8 Å². The van der Waals surface area contributed by atoms with Crippen LogP contribution in [-0.2, 0) is 6.54 Å². The van der Waals surface area contributed by atoms with Crippen LogP contribution >= 0.6 is 11.6 Å². The molecule has 2 aromatic rings. The zero-order valence-corrected chi connectivity index (χ0v) is 11.0. The Labute approximate surface area is 111 Å². The smallest absolute Gasteiger partial charge is 0.138 e. The zero-order chi connectivity index (χ0) is 12.5. The minimum Gasteiger partial charge on any atom is -0.310 e. The van der Waals surface area contributed by atoms with Gasteiger partial charge >= 0.3 is 0 Å². The molecule has 1 aliphatic carbocycles. The maximum absolute atomic E-state index is 6.17. The summed E-state index contributed by atoms with van der Waals surface area (Å²) < 4.78 is 1.96. The van der Waals surface area contributed by atoms with E-state index in [9.17, 15) is 0 Å². The van der Waals surface area contributed by atoms with Crippen molar-refractivity contribution in [1.29, 1.82) is 0 Å². The molecule has 1 fully saturated rings. The number of aryl methyl sites for hydroxylation is 1. The molecular formula is C13H15ClN4. The quantitative estimate of drug-likeness (QED) is 0.921. The Balaban J connectivity index is 1.87. The average Bonchev–Trinajstić information content (AvgIpc) is 3.10. The minimum atomic E-state index is 0.674. The predicted molar refractivity (Wildman–Crippen MR) is 71.0 cm³/mol. The molecule has 5 heteroatoms. The van der Waals surface area contributed by atoms with Crippen molar-refractivity contribution in [3.8, 4) is 5.82 Å². The first-order valence-electron chi connectivity index (χ1n) is 6.12. The normalized spacial score (nSPS) is 15.0. The highest BCUT2D eigenvalue weighted by Crippen LogP contribution is 2.22. The van der Waals surface area contributed by atoms with Crippen molar-refractivity contribution >= 4 is 11.6 Å². The third kappa shape index (κ3) is 2.40. The lowest BCUT2D eigenvalue weighted by Gasteiger charge is -2.09. The van der Waals surface area contributed by atoms with Crippen LogP contribution < -0.4 is 5.32 Å². The Morgan fingerprint density at radius 3 is 2.94 bits per heavy atom. The van der Waals surface area contributed by atoms with Gasteiger partial charge in [-0.3, -0.25) is 4.57 Å². The molecule has 0 unspecified atom stereocenters. The summed E-state index contributed by atoms with van der Waals surface area (Å²) in [5, 5.41) is 4.18. The molecule has 4 nitrogen and oxygen atoms in total. The Morgan fingerprint density at radius 2 is 2.28 bits per heavy atom. The van der Waals surface area contributed by atoms with Gasteiger partial charge in [-0.2, -0.15) is 0 Å². The number of halogens is 1. The van der Waals surface area contributed by atoms with Crippen molar-refractivity contribution in [1.82, 2.24) is 19.9 Å². The van der Waals surface area contributed by atoms with E-state index < -0.39 is 0 Å². The second-order valence-corrected chi connectivity index (χ2v) is 5.04. The summed E-state index contributed by atoms with van der Waals surface area (Å²) in [7, 11) is 0. The van der Waals surface area contributed by atoms with Gasteiger partial charge in [0.05, 0.1) is 5.02 Å². The third-order valence-corrected chi connectivity index (χ3v) is 3.49. The van der Waals surface area contributed by atoms with E-state index in [1.54, 1.807) is 12.4 Å². The van der Waals surface area contributed by atoms with Gasteiger partial charge < -0.3 is 5.32 Å². The number of imidazole rings is 1. The Bertz CT molecular complexity index is 560. The fourth-order valence-corrected chi connectivity index (χ4v) is 2.07. The third-order valence-electron chi connectivity index (χ3n) is 3.15. The van der Waals surface area contributed by atoms with Crippen LogP contribution in [0.15, 0.2) is 24.7 Å². The van der Waals surface area contributed by atoms with Crippen LogP contribution in [0.4, 0.5) is 0 Å². The Morgan fingerprint density at radius 1 is 1.44 bits per heavy atom. The fourth-order valence-electron chi connectivity index (χ4n) is 1.90. The lowest BCUT2D eigenvalue weighted by Crippen LogP contribution is -2.16. The van der Waals surface area contributed by atoms with Crippen LogP contribution in [0.2, 0.25) is 5.02 Å². The van der Waals surface area contributed by atoms with Crippen LogP contribution in [0.1, 0.15) is 24.2 Å². The first-order chi connectivity index (χ1) is 8.74. The van der Waals surface area contributed by atoms with E-state index in [4.69, 9.17) is 11.6 Å². The molecule has 94 valence electrons. The van der Waals surface area contributed by atoms with Gasteiger partial charge in [-0.25, -0.2) is 9.97 Å². The standard InChI is InChI=1S/C13H15ClN4/c1-9-15-4-5-18(9)13-6-10(12(14)8-17-13)7-16-11-2-3-11/h4-6,8,11,16H,2-3,7H2,1H3. The molecule has 0 amide bonds. The maximum Gasteiger partial charge on any atom is 0.138 e. The molecule has 1 N–H and O–H groups in total. The van der Waals surface area contributed by atoms with E-state index in [2.05, 4.69) is 15.3 Å². The summed E-state index contributed by atoms with van der Waals surface area (Å²) in [5.74, 6) is 1.79. The molecule has 3 rings (SSSR count). The second-order valence-electron chi connectivity index (χ2n) is 4.63. The largest absolute Gasteiger partial charge is 0.310 e. The van der Waals surface area contributed by atoms with Crippen molar-refractivity contribution in [2.24, 2.45) is 0 Å². The van der Waals surface area contributed by atoms with Gasteiger partial charge in [-0.15, -0.1) is 0 Å². The molecule has 2 heterocycles. The summed E-state index contributed by atoms with van der Waals surface area (Å²) in [6.45, 7) is 2.76. The molecule has 1 aliphatic rings. The molecule has 0 spiro atoms. The molecule has 0 atom stereocenters. The number of aromatic nitrogens is 3. The lowest BCUT2D eigenvalue weighted by molar-refractivity contribution is 0.686. The van der Waals surface area contributed by atoms with Crippen molar-refractivity contribution in [2.45, 2.75) is 32.4 Å². The summed E-state index contributed by atoms with van der Waals surface area (Å²) in [5.41, 5.74) is 1.08. The van der Waals surface area contributed by atoms with Gasteiger partial charge in [0.2, 0.25) is 0 Å². The fraction of sp³-hybridized carbons (Fsp3) is 0.385. The predicted octanol–water partition coefficient (Wildman–Crippen LogP) is 2.48. The van der Waals surface area contributed by atoms with Crippen LogP contribution in [0, 0.1) is 6.92 Å². The van der Waals surface area contributed by atoms with E-state index in [0.29, 0.717) is 11.1 Å². The summed E-state index contributed by atoms with van der Waals surface area (Å²) >= 11 is 6.17. The van der Waals surface area contributed by atoms with Gasteiger partial charge in [0.25, 0.3) is 0 Å². The van der Waals surface area contributed by atoms with Crippen LogP contribution in [0.3, 0.4) is 0 Å². The highest BCUT2D eigenvalue weighted by molar-refractivity contribution is 6.31.